The molecular formula is C21H26N4O. The highest BCUT2D eigenvalue weighted by Gasteiger charge is 2.20. The Morgan fingerprint density at radius 3 is 2.08 bits per heavy atom. The summed E-state index contributed by atoms with van der Waals surface area (Å²) in [7, 11) is 0. The summed E-state index contributed by atoms with van der Waals surface area (Å²) in [6.07, 6.45) is 0. The largest absolute Gasteiger partial charge is 0.319 e. The molecule has 0 saturated carbocycles. The second-order valence-corrected chi connectivity index (χ2v) is 7.71. The van der Waals surface area contributed by atoms with Crippen molar-refractivity contribution in [3.05, 3.63) is 65.1 Å². The molecule has 3 rings (SSSR count). The lowest BCUT2D eigenvalue weighted by Crippen LogP contribution is -2.26. The quantitative estimate of drug-likeness (QED) is 0.750. The van der Waals surface area contributed by atoms with Crippen molar-refractivity contribution >= 4 is 11.7 Å². The number of carbonyl (C=O) groups excluding carboxylic acids is 1. The number of hydrogen-bond acceptors (Lipinski definition) is 2. The number of aromatic nitrogens is 3. The molecule has 0 atom stereocenters. The highest BCUT2D eigenvalue weighted by Crippen LogP contribution is 2.22. The van der Waals surface area contributed by atoms with Gasteiger partial charge in [-0.1, -0.05) is 0 Å². The molecule has 1 N–H and O–H groups in total. The van der Waals surface area contributed by atoms with Crippen LogP contribution in [0.2, 0.25) is 0 Å². The number of carbonyl (C=O) groups is 1. The number of hydrogen-bond donors (Lipinski definition) is 1. The molecule has 1 amide bonds. The Bertz CT molecular complexity index is 920. The first-order valence-corrected chi connectivity index (χ1v) is 8.81. The van der Waals surface area contributed by atoms with E-state index in [0.717, 1.165) is 11.4 Å². The van der Waals surface area contributed by atoms with Crippen molar-refractivity contribution in [2.45, 2.75) is 47.1 Å². The number of benzene rings is 1. The first kappa shape index (κ1) is 18.0. The number of aryl methyl sites for hydroxylation is 3. The van der Waals surface area contributed by atoms with Crippen molar-refractivity contribution < 1.29 is 4.79 Å². The van der Waals surface area contributed by atoms with Crippen LogP contribution in [0.4, 0.5) is 5.82 Å². The van der Waals surface area contributed by atoms with E-state index in [1.165, 1.54) is 11.4 Å². The maximum atomic E-state index is 12.7. The van der Waals surface area contributed by atoms with Crippen molar-refractivity contribution in [2.24, 2.45) is 0 Å². The molecule has 0 bridgehead atoms. The zero-order valence-corrected chi connectivity index (χ0v) is 16.3. The van der Waals surface area contributed by atoms with Gasteiger partial charge in [0.25, 0.3) is 5.91 Å². The lowest BCUT2D eigenvalue weighted by atomic mass is 10.1. The molecule has 0 spiro atoms. The first-order chi connectivity index (χ1) is 12.2. The molecule has 3 aromatic rings. The molecule has 2 heterocycles. The standard InChI is InChI=1S/C21H26N4O/c1-14-13-19(25(23-14)21(4,5)6)22-20(26)17-9-11-18(12-10-17)24-15(2)7-8-16(24)3/h7-13H,1-6H3,(H,22,26). The van der Waals surface area contributed by atoms with E-state index >= 15 is 0 Å². The number of nitrogens with one attached hydrogen (secondary N) is 1. The third kappa shape index (κ3) is 3.43. The van der Waals surface area contributed by atoms with Crippen molar-refractivity contribution in [3.63, 3.8) is 0 Å². The summed E-state index contributed by atoms with van der Waals surface area (Å²) in [6.45, 7) is 12.3. The highest BCUT2D eigenvalue weighted by atomic mass is 16.1. The van der Waals surface area contributed by atoms with Gasteiger partial charge in [-0.05, 0) is 77.9 Å². The maximum absolute atomic E-state index is 12.7. The molecule has 0 saturated heterocycles. The van der Waals surface area contributed by atoms with Gasteiger partial charge in [0.05, 0.1) is 11.2 Å². The summed E-state index contributed by atoms with van der Waals surface area (Å²) in [4.78, 5) is 12.7. The molecule has 26 heavy (non-hydrogen) atoms. The molecule has 0 unspecified atom stereocenters. The Hall–Kier alpha value is -2.82. The van der Waals surface area contributed by atoms with Gasteiger partial charge in [0.2, 0.25) is 0 Å². The maximum Gasteiger partial charge on any atom is 0.256 e. The summed E-state index contributed by atoms with van der Waals surface area (Å²) in [6, 6.07) is 13.7. The molecule has 0 radical (unpaired) electrons. The summed E-state index contributed by atoms with van der Waals surface area (Å²) in [5.74, 6) is 0.573. The van der Waals surface area contributed by atoms with E-state index in [-0.39, 0.29) is 11.4 Å². The Kier molecular flexibility index (Phi) is 4.48. The Morgan fingerprint density at radius 2 is 1.54 bits per heavy atom. The van der Waals surface area contributed by atoms with Gasteiger partial charge >= 0.3 is 0 Å². The third-order valence-corrected chi connectivity index (χ3v) is 4.37. The average molecular weight is 350 g/mol. The fourth-order valence-electron chi connectivity index (χ4n) is 3.13. The van der Waals surface area contributed by atoms with E-state index in [1.807, 2.05) is 41.9 Å². The van der Waals surface area contributed by atoms with Gasteiger partial charge in [0.15, 0.2) is 0 Å². The number of anilines is 1. The van der Waals surface area contributed by atoms with Crippen molar-refractivity contribution in [3.8, 4) is 5.69 Å². The van der Waals surface area contributed by atoms with E-state index in [0.29, 0.717) is 11.4 Å². The van der Waals surface area contributed by atoms with Crippen LogP contribution in [0, 0.1) is 20.8 Å². The summed E-state index contributed by atoms with van der Waals surface area (Å²) >= 11 is 0. The van der Waals surface area contributed by atoms with Gasteiger partial charge < -0.3 is 9.88 Å². The van der Waals surface area contributed by atoms with Crippen LogP contribution in [0.15, 0.2) is 42.5 Å². The van der Waals surface area contributed by atoms with E-state index in [9.17, 15) is 4.79 Å². The van der Waals surface area contributed by atoms with Gasteiger partial charge in [0.1, 0.15) is 5.82 Å². The van der Waals surface area contributed by atoms with Gasteiger partial charge in [-0.15, -0.1) is 0 Å². The van der Waals surface area contributed by atoms with Gasteiger partial charge in [-0.3, -0.25) is 4.79 Å². The van der Waals surface area contributed by atoms with E-state index in [1.54, 1.807) is 0 Å². The predicted octanol–water partition coefficient (Wildman–Crippen LogP) is 4.61. The molecule has 136 valence electrons. The molecule has 0 aliphatic rings. The van der Waals surface area contributed by atoms with Crippen LogP contribution >= 0.6 is 0 Å². The zero-order chi connectivity index (χ0) is 19.1. The summed E-state index contributed by atoms with van der Waals surface area (Å²) in [5, 5.41) is 7.48. The van der Waals surface area contributed by atoms with E-state index < -0.39 is 0 Å². The number of rotatable bonds is 3. The van der Waals surface area contributed by atoms with Crippen molar-refractivity contribution in [1.29, 1.82) is 0 Å². The zero-order valence-electron chi connectivity index (χ0n) is 16.3. The van der Waals surface area contributed by atoms with Crippen LogP contribution < -0.4 is 5.32 Å². The van der Waals surface area contributed by atoms with Gasteiger partial charge in [0, 0.05) is 28.7 Å². The van der Waals surface area contributed by atoms with E-state index in [4.69, 9.17) is 0 Å². The van der Waals surface area contributed by atoms with Crippen molar-refractivity contribution in [2.75, 3.05) is 5.32 Å². The molecule has 5 nitrogen and oxygen atoms in total. The second-order valence-electron chi connectivity index (χ2n) is 7.71. The topological polar surface area (TPSA) is 51.9 Å². The fraction of sp³-hybridized carbons (Fsp3) is 0.333. The molecule has 0 aliphatic carbocycles. The molecular weight excluding hydrogens is 324 g/mol. The smallest absolute Gasteiger partial charge is 0.256 e. The molecule has 0 fully saturated rings. The lowest BCUT2D eigenvalue weighted by Gasteiger charge is -2.22. The van der Waals surface area contributed by atoms with Crippen LogP contribution in [0.1, 0.15) is 48.2 Å². The summed E-state index contributed by atoms with van der Waals surface area (Å²) < 4.78 is 4.01. The number of nitrogens with zero attached hydrogens (tertiary/aromatic N) is 3. The Labute approximate surface area is 154 Å². The van der Waals surface area contributed by atoms with Gasteiger partial charge in [-0.25, -0.2) is 4.68 Å². The molecule has 5 heteroatoms. The molecule has 0 aliphatic heterocycles. The van der Waals surface area contributed by atoms with Gasteiger partial charge in [-0.2, -0.15) is 5.10 Å². The predicted molar refractivity (Wildman–Crippen MR) is 105 cm³/mol. The molecule has 2 aromatic heterocycles. The van der Waals surface area contributed by atoms with E-state index in [2.05, 4.69) is 61.7 Å². The Balaban J connectivity index is 1.84. The van der Waals surface area contributed by atoms with Crippen LogP contribution in [-0.4, -0.2) is 20.3 Å². The normalized spacial score (nSPS) is 11.6. The SMILES string of the molecule is Cc1cc(NC(=O)c2ccc(-n3c(C)ccc3C)cc2)n(C(C)(C)C)n1. The van der Waals surface area contributed by atoms with Crippen molar-refractivity contribution in [1.82, 2.24) is 14.3 Å². The average Bonchev–Trinajstić information content (AvgIpc) is 3.09. The Morgan fingerprint density at radius 1 is 0.962 bits per heavy atom. The van der Waals surface area contributed by atoms with Crippen LogP contribution in [0.25, 0.3) is 5.69 Å². The minimum absolute atomic E-state index is 0.136. The molecule has 1 aromatic carbocycles. The highest BCUT2D eigenvalue weighted by molar-refractivity contribution is 6.04. The third-order valence-electron chi connectivity index (χ3n) is 4.37. The van der Waals surface area contributed by atoms with Crippen LogP contribution in [0.5, 0.6) is 0 Å². The summed E-state index contributed by atoms with van der Waals surface area (Å²) in [5.41, 5.74) is 4.69. The number of amides is 1. The second kappa shape index (κ2) is 6.48. The first-order valence-electron chi connectivity index (χ1n) is 8.81. The fourth-order valence-corrected chi connectivity index (χ4v) is 3.13. The monoisotopic (exact) mass is 350 g/mol. The van der Waals surface area contributed by atoms with Crippen LogP contribution in [0.3, 0.4) is 0 Å². The van der Waals surface area contributed by atoms with Crippen LogP contribution in [-0.2, 0) is 5.54 Å². The minimum Gasteiger partial charge on any atom is -0.319 e. The minimum atomic E-state index is -0.204. The lowest BCUT2D eigenvalue weighted by molar-refractivity contribution is 0.102.